The number of benzene rings is 3. The molecule has 0 radical (unpaired) electrons. The molecule has 1 atom stereocenters. The fraction of sp³-hybridized carbons (Fsp3) is 0.222. The third kappa shape index (κ3) is 6.47. The van der Waals surface area contributed by atoms with E-state index in [1.165, 1.54) is 35.5 Å². The molecule has 2 N–H and O–H groups in total. The molecular formula is C27H25F2N3O6S. The second-order valence-corrected chi connectivity index (χ2v) is 10.7. The zero-order valence-corrected chi connectivity index (χ0v) is 21.6. The number of carbonyl (C=O) groups is 3. The first-order valence-corrected chi connectivity index (χ1v) is 13.4. The van der Waals surface area contributed by atoms with Crippen molar-refractivity contribution >= 4 is 39.2 Å². The van der Waals surface area contributed by atoms with Crippen molar-refractivity contribution in [3.63, 3.8) is 0 Å². The first-order chi connectivity index (χ1) is 18.6. The lowest BCUT2D eigenvalue weighted by Crippen LogP contribution is -2.41. The quantitative estimate of drug-likeness (QED) is 0.407. The average Bonchev–Trinajstić information content (AvgIpc) is 2.90. The number of esters is 1. The predicted octanol–water partition coefficient (Wildman–Crippen LogP) is 3.78. The highest BCUT2D eigenvalue weighted by atomic mass is 32.2. The molecule has 0 saturated carbocycles. The van der Waals surface area contributed by atoms with Gasteiger partial charge in [0.15, 0.2) is 6.61 Å². The van der Waals surface area contributed by atoms with Gasteiger partial charge < -0.3 is 15.4 Å². The Balaban J connectivity index is 1.51. The number of hydrogen-bond acceptors (Lipinski definition) is 6. The number of carbonyl (C=O) groups excluding carboxylic acids is 3. The molecule has 2 amide bonds. The van der Waals surface area contributed by atoms with Gasteiger partial charge in [-0.3, -0.25) is 14.4 Å². The van der Waals surface area contributed by atoms with E-state index in [0.717, 1.165) is 23.8 Å². The van der Waals surface area contributed by atoms with Crippen molar-refractivity contribution in [1.29, 1.82) is 0 Å². The lowest BCUT2D eigenvalue weighted by Gasteiger charge is -2.36. The van der Waals surface area contributed by atoms with Crippen LogP contribution in [0.25, 0.3) is 0 Å². The molecule has 1 aliphatic rings. The van der Waals surface area contributed by atoms with Gasteiger partial charge in [0.1, 0.15) is 17.3 Å². The van der Waals surface area contributed by atoms with Crippen LogP contribution in [-0.2, 0) is 35.6 Å². The first-order valence-electron chi connectivity index (χ1n) is 11.9. The number of sulfonamides is 1. The van der Waals surface area contributed by atoms with Crippen molar-refractivity contribution in [1.82, 2.24) is 4.31 Å². The zero-order chi connectivity index (χ0) is 28.2. The normalized spacial score (nSPS) is 15.2. The Kier molecular flexibility index (Phi) is 8.36. The van der Waals surface area contributed by atoms with Gasteiger partial charge in [-0.15, -0.1) is 0 Å². The number of fused-ring (bicyclic) bond motifs is 1. The molecule has 0 bridgehead atoms. The molecule has 12 heteroatoms. The van der Waals surface area contributed by atoms with Crippen LogP contribution in [0.15, 0.2) is 71.6 Å². The summed E-state index contributed by atoms with van der Waals surface area (Å²) < 4.78 is 61.0. The molecule has 0 aliphatic carbocycles. The minimum absolute atomic E-state index is 0.0272. The maximum Gasteiger partial charge on any atom is 0.308 e. The van der Waals surface area contributed by atoms with Crippen molar-refractivity contribution in [2.24, 2.45) is 0 Å². The molecule has 1 heterocycles. The minimum atomic E-state index is -4.08. The van der Waals surface area contributed by atoms with Crippen molar-refractivity contribution < 1.29 is 36.3 Å². The van der Waals surface area contributed by atoms with Crippen LogP contribution in [0.1, 0.15) is 30.5 Å². The van der Waals surface area contributed by atoms with E-state index in [4.69, 9.17) is 4.74 Å². The van der Waals surface area contributed by atoms with Crippen molar-refractivity contribution in [3.8, 4) is 0 Å². The molecule has 3 aromatic carbocycles. The number of nitrogens with zero attached hydrogens (tertiary/aromatic N) is 1. The van der Waals surface area contributed by atoms with Gasteiger partial charge in [0, 0.05) is 19.2 Å². The van der Waals surface area contributed by atoms with E-state index in [1.807, 2.05) is 17.4 Å². The zero-order valence-electron chi connectivity index (χ0n) is 20.8. The van der Waals surface area contributed by atoms with Gasteiger partial charge in [-0.2, -0.15) is 4.31 Å². The second-order valence-electron chi connectivity index (χ2n) is 8.80. The summed E-state index contributed by atoms with van der Waals surface area (Å²) in [7, 11) is -4.08. The molecule has 0 saturated heterocycles. The third-order valence-corrected chi connectivity index (χ3v) is 8.02. The Morgan fingerprint density at radius 3 is 2.28 bits per heavy atom. The third-order valence-electron chi connectivity index (χ3n) is 6.10. The van der Waals surface area contributed by atoms with Crippen LogP contribution in [0.5, 0.6) is 0 Å². The Morgan fingerprint density at radius 1 is 0.949 bits per heavy atom. The molecule has 204 valence electrons. The van der Waals surface area contributed by atoms with Gasteiger partial charge >= 0.3 is 5.97 Å². The summed E-state index contributed by atoms with van der Waals surface area (Å²) >= 11 is 0. The number of hydrogen-bond donors (Lipinski definition) is 2. The van der Waals surface area contributed by atoms with Crippen LogP contribution in [0.4, 0.5) is 20.2 Å². The van der Waals surface area contributed by atoms with Gasteiger partial charge in [-0.1, -0.05) is 30.3 Å². The molecular weight excluding hydrogens is 532 g/mol. The summed E-state index contributed by atoms with van der Waals surface area (Å²) in [4.78, 5) is 36.2. The Labute approximate surface area is 223 Å². The van der Waals surface area contributed by atoms with E-state index in [-0.39, 0.29) is 17.3 Å². The van der Waals surface area contributed by atoms with Gasteiger partial charge in [-0.25, -0.2) is 17.2 Å². The summed E-state index contributed by atoms with van der Waals surface area (Å²) in [5.74, 6) is -4.11. The van der Waals surface area contributed by atoms with Gasteiger partial charge in [0.25, 0.3) is 5.91 Å². The molecule has 4 rings (SSSR count). The maximum absolute atomic E-state index is 13.8. The number of para-hydroxylation sites is 1. The molecule has 0 fully saturated rings. The van der Waals surface area contributed by atoms with E-state index in [9.17, 15) is 31.6 Å². The number of ether oxygens (including phenoxy) is 1. The van der Waals surface area contributed by atoms with Crippen LogP contribution in [0.2, 0.25) is 0 Å². The van der Waals surface area contributed by atoms with E-state index < -0.39 is 58.3 Å². The van der Waals surface area contributed by atoms with Crippen LogP contribution in [0.3, 0.4) is 0 Å². The summed E-state index contributed by atoms with van der Waals surface area (Å²) in [6.45, 7) is 0.609. The smallest absolute Gasteiger partial charge is 0.308 e. The second kappa shape index (κ2) is 11.7. The van der Waals surface area contributed by atoms with E-state index in [0.29, 0.717) is 17.7 Å². The number of halogens is 2. The van der Waals surface area contributed by atoms with Gasteiger partial charge in [-0.05, 0) is 53.9 Å². The van der Waals surface area contributed by atoms with E-state index in [1.54, 1.807) is 12.1 Å². The molecule has 3 aromatic rings. The van der Waals surface area contributed by atoms with Crippen molar-refractivity contribution in [2.45, 2.75) is 30.7 Å². The molecule has 39 heavy (non-hydrogen) atoms. The maximum atomic E-state index is 13.8. The van der Waals surface area contributed by atoms with Crippen LogP contribution >= 0.6 is 0 Å². The molecule has 0 aromatic heterocycles. The van der Waals surface area contributed by atoms with Gasteiger partial charge in [0.05, 0.1) is 17.4 Å². The summed E-state index contributed by atoms with van der Waals surface area (Å²) in [5, 5.41) is 4.60. The van der Waals surface area contributed by atoms with Crippen LogP contribution in [0, 0.1) is 11.6 Å². The van der Waals surface area contributed by atoms with Crippen molar-refractivity contribution in [2.75, 3.05) is 23.8 Å². The number of amides is 2. The molecule has 1 unspecified atom stereocenters. The Bertz CT molecular complexity index is 1490. The van der Waals surface area contributed by atoms with Crippen LogP contribution < -0.4 is 10.6 Å². The monoisotopic (exact) mass is 557 g/mol. The fourth-order valence-electron chi connectivity index (χ4n) is 4.33. The highest BCUT2D eigenvalue weighted by Crippen LogP contribution is 2.36. The van der Waals surface area contributed by atoms with Crippen LogP contribution in [-0.4, -0.2) is 43.7 Å². The largest absolute Gasteiger partial charge is 0.456 e. The lowest BCUT2D eigenvalue weighted by atomic mass is 9.92. The van der Waals surface area contributed by atoms with E-state index >= 15 is 0 Å². The minimum Gasteiger partial charge on any atom is -0.456 e. The SMILES string of the molecule is CC(=O)Nc1ccc(S(=O)(=O)N2CCc3ccccc3C2CC(=O)OCC(=O)Nc2c(F)cccc2F)cc1. The van der Waals surface area contributed by atoms with Gasteiger partial charge in [0.2, 0.25) is 15.9 Å². The summed E-state index contributed by atoms with van der Waals surface area (Å²) in [6.07, 6.45) is 0.0170. The number of nitrogens with one attached hydrogen (secondary N) is 2. The molecule has 9 nitrogen and oxygen atoms in total. The predicted molar refractivity (Wildman–Crippen MR) is 138 cm³/mol. The molecule has 0 spiro atoms. The summed E-state index contributed by atoms with van der Waals surface area (Å²) in [5.41, 5.74) is 1.26. The lowest BCUT2D eigenvalue weighted by molar-refractivity contribution is -0.148. The summed E-state index contributed by atoms with van der Waals surface area (Å²) in [6, 6.07) is 14.9. The highest BCUT2D eigenvalue weighted by molar-refractivity contribution is 7.89. The topological polar surface area (TPSA) is 122 Å². The number of anilines is 2. The average molecular weight is 558 g/mol. The fourth-order valence-corrected chi connectivity index (χ4v) is 5.94. The number of rotatable bonds is 8. The van der Waals surface area contributed by atoms with Crippen molar-refractivity contribution in [3.05, 3.63) is 89.5 Å². The Hall–Kier alpha value is -4.16. The highest BCUT2D eigenvalue weighted by Gasteiger charge is 2.38. The standard InChI is InChI=1S/C27H25F2N3O6S/c1-17(33)30-19-9-11-20(12-10-19)39(36,37)32-14-13-18-5-2-3-6-21(18)24(32)15-26(35)38-16-25(34)31-27-22(28)7-4-8-23(27)29/h2-12,24H,13-16H2,1H3,(H,30,33)(H,31,34). The Morgan fingerprint density at radius 2 is 1.62 bits per heavy atom. The molecule has 1 aliphatic heterocycles. The van der Waals surface area contributed by atoms with E-state index in [2.05, 4.69) is 5.32 Å². The first kappa shape index (κ1) is 27.9.